The topological polar surface area (TPSA) is 108 Å². The molecule has 0 fully saturated rings. The van der Waals surface area contributed by atoms with Crippen molar-refractivity contribution in [3.05, 3.63) is 41.0 Å². The van der Waals surface area contributed by atoms with E-state index in [1.54, 1.807) is 12.1 Å². The van der Waals surface area contributed by atoms with Crippen molar-refractivity contribution in [2.45, 2.75) is 45.6 Å². The number of carbonyl (C=O) groups is 2. The molecule has 1 N–H and O–H groups in total. The van der Waals surface area contributed by atoms with Gasteiger partial charge < -0.3 is 14.8 Å². The molecule has 0 spiro atoms. The summed E-state index contributed by atoms with van der Waals surface area (Å²) in [7, 11) is 0. The summed E-state index contributed by atoms with van der Waals surface area (Å²) in [5.74, 6) is -0.567. The Kier molecular flexibility index (Phi) is 7.69. The summed E-state index contributed by atoms with van der Waals surface area (Å²) in [4.78, 5) is 24.7. The summed E-state index contributed by atoms with van der Waals surface area (Å²) in [5, 5.41) is 15.0. The van der Waals surface area contributed by atoms with Gasteiger partial charge in [-0.3, -0.25) is 9.48 Å². The van der Waals surface area contributed by atoms with E-state index < -0.39 is 5.97 Å². The molecule has 0 unspecified atom stereocenters. The zero-order chi connectivity index (χ0) is 20.5. The Morgan fingerprint density at radius 2 is 2.21 bits per heavy atom. The molecule has 9 heteroatoms. The molecule has 0 bridgehead atoms. The average molecular weight is 401 g/mol. The molecule has 0 saturated heterocycles. The second-order valence-electron chi connectivity index (χ2n) is 6.77. The monoisotopic (exact) mass is 401 g/mol. The number of carbonyl (C=O) groups excluding carboxylic acids is 2. The van der Waals surface area contributed by atoms with Gasteiger partial charge in [0, 0.05) is 38.9 Å². The van der Waals surface area contributed by atoms with Crippen molar-refractivity contribution in [1.82, 2.24) is 25.3 Å². The van der Waals surface area contributed by atoms with Gasteiger partial charge in [-0.25, -0.2) is 4.79 Å². The molecular formula is C20H27N5O4. The van der Waals surface area contributed by atoms with Crippen LogP contribution in [-0.4, -0.2) is 58.2 Å². The summed E-state index contributed by atoms with van der Waals surface area (Å²) < 4.78 is 12.7. The molecule has 3 rings (SSSR count). The van der Waals surface area contributed by atoms with Gasteiger partial charge in [0.2, 0.25) is 0 Å². The smallest absolute Gasteiger partial charge is 0.358 e. The third-order valence-corrected chi connectivity index (χ3v) is 4.67. The largest absolute Gasteiger partial charge is 0.461 e. The maximum Gasteiger partial charge on any atom is 0.358 e. The Hall–Kier alpha value is -2.81. The van der Waals surface area contributed by atoms with Gasteiger partial charge in [-0.15, -0.1) is 5.10 Å². The van der Waals surface area contributed by atoms with E-state index in [4.69, 9.17) is 9.47 Å². The maximum atomic E-state index is 12.7. The fourth-order valence-corrected chi connectivity index (χ4v) is 3.27. The Labute approximate surface area is 169 Å². The summed E-state index contributed by atoms with van der Waals surface area (Å²) in [6.07, 6.45) is 5.11. The highest BCUT2D eigenvalue weighted by atomic mass is 16.5. The lowest BCUT2D eigenvalue weighted by atomic mass is 10.1. The van der Waals surface area contributed by atoms with E-state index in [2.05, 4.69) is 20.6 Å². The summed E-state index contributed by atoms with van der Waals surface area (Å²) in [6.45, 7) is 4.70. The zero-order valence-electron chi connectivity index (χ0n) is 16.7. The first-order valence-electron chi connectivity index (χ1n) is 10.1. The van der Waals surface area contributed by atoms with E-state index in [9.17, 15) is 9.59 Å². The van der Waals surface area contributed by atoms with Crippen molar-refractivity contribution in [3.8, 4) is 0 Å². The minimum Gasteiger partial charge on any atom is -0.461 e. The van der Waals surface area contributed by atoms with E-state index in [-0.39, 0.29) is 18.2 Å². The summed E-state index contributed by atoms with van der Waals surface area (Å²) >= 11 is 0. The molecule has 2 aromatic heterocycles. The first-order chi connectivity index (χ1) is 14.2. The van der Waals surface area contributed by atoms with Gasteiger partial charge in [-0.2, -0.15) is 10.2 Å². The highest BCUT2D eigenvalue weighted by Crippen LogP contribution is 2.19. The van der Waals surface area contributed by atoms with Crippen LogP contribution in [0.3, 0.4) is 0 Å². The van der Waals surface area contributed by atoms with Gasteiger partial charge in [-0.1, -0.05) is 6.92 Å². The van der Waals surface area contributed by atoms with Crippen molar-refractivity contribution >= 4 is 11.9 Å². The number of aryl methyl sites for hydroxylation is 2. The zero-order valence-corrected chi connectivity index (χ0v) is 16.7. The van der Waals surface area contributed by atoms with Crippen molar-refractivity contribution in [1.29, 1.82) is 0 Å². The highest BCUT2D eigenvalue weighted by Gasteiger charge is 2.22. The third-order valence-electron chi connectivity index (χ3n) is 4.67. The van der Waals surface area contributed by atoms with E-state index >= 15 is 0 Å². The van der Waals surface area contributed by atoms with Crippen LogP contribution in [0.25, 0.3) is 0 Å². The number of ether oxygens (including phenoxy) is 2. The number of hydrogen-bond donors (Lipinski definition) is 1. The summed E-state index contributed by atoms with van der Waals surface area (Å²) in [5.41, 5.74) is 2.59. The van der Waals surface area contributed by atoms with Crippen LogP contribution in [0, 0.1) is 0 Å². The van der Waals surface area contributed by atoms with Crippen LogP contribution in [0.2, 0.25) is 0 Å². The predicted octanol–water partition coefficient (Wildman–Crippen LogP) is 1.57. The second-order valence-corrected chi connectivity index (χ2v) is 6.77. The molecule has 0 radical (unpaired) electrons. The van der Waals surface area contributed by atoms with Gasteiger partial charge in [0.25, 0.3) is 5.91 Å². The van der Waals surface area contributed by atoms with Crippen molar-refractivity contribution in [3.63, 3.8) is 0 Å². The number of nitrogens with zero attached hydrogens (tertiary/aromatic N) is 4. The van der Waals surface area contributed by atoms with Crippen LogP contribution in [0.15, 0.2) is 18.3 Å². The third kappa shape index (κ3) is 5.60. The molecule has 0 saturated carbocycles. The molecule has 29 heavy (non-hydrogen) atoms. The van der Waals surface area contributed by atoms with E-state index in [0.717, 1.165) is 30.7 Å². The minimum atomic E-state index is -0.497. The average Bonchev–Trinajstić information content (AvgIpc) is 3.08. The van der Waals surface area contributed by atoms with E-state index in [0.29, 0.717) is 44.7 Å². The van der Waals surface area contributed by atoms with E-state index in [1.807, 2.05) is 11.6 Å². The maximum absolute atomic E-state index is 12.7. The Morgan fingerprint density at radius 3 is 3.00 bits per heavy atom. The molecule has 1 aliphatic rings. The van der Waals surface area contributed by atoms with Crippen LogP contribution in [0.1, 0.15) is 58.4 Å². The van der Waals surface area contributed by atoms with Crippen LogP contribution in [-0.2, 0) is 28.9 Å². The quantitative estimate of drug-likeness (QED) is 0.578. The van der Waals surface area contributed by atoms with Crippen molar-refractivity contribution in [2.24, 2.45) is 0 Å². The van der Waals surface area contributed by atoms with Gasteiger partial charge >= 0.3 is 5.97 Å². The molecule has 156 valence electrons. The number of nitrogens with one attached hydrogen (secondary N) is 1. The standard InChI is InChI=1S/C20H27N5O4/c1-2-15-18-17(8-4-12-28-13-5-9-21-19(18)26)25(24-15)11-6-14-29-20(27)16-7-3-10-22-23-16/h3,7,10H,2,4-6,8-9,11-14H2,1H3,(H,21,26). The number of aromatic nitrogens is 4. The van der Waals surface area contributed by atoms with Crippen LogP contribution in [0.5, 0.6) is 0 Å². The lowest BCUT2D eigenvalue weighted by Crippen LogP contribution is -2.26. The number of hydrogen-bond acceptors (Lipinski definition) is 7. The molecular weight excluding hydrogens is 374 g/mol. The molecule has 1 aliphatic heterocycles. The molecule has 0 atom stereocenters. The number of esters is 1. The lowest BCUT2D eigenvalue weighted by molar-refractivity contribution is 0.0486. The van der Waals surface area contributed by atoms with Gasteiger partial charge in [0.05, 0.1) is 23.6 Å². The van der Waals surface area contributed by atoms with Gasteiger partial charge in [0.15, 0.2) is 5.69 Å². The van der Waals surface area contributed by atoms with E-state index in [1.165, 1.54) is 6.20 Å². The number of fused-ring (bicyclic) bond motifs is 1. The summed E-state index contributed by atoms with van der Waals surface area (Å²) in [6, 6.07) is 3.20. The fourth-order valence-electron chi connectivity index (χ4n) is 3.27. The van der Waals surface area contributed by atoms with Crippen molar-refractivity contribution in [2.75, 3.05) is 26.4 Å². The van der Waals surface area contributed by atoms with Crippen LogP contribution >= 0.6 is 0 Å². The predicted molar refractivity (Wildman–Crippen MR) is 105 cm³/mol. The Morgan fingerprint density at radius 1 is 1.34 bits per heavy atom. The fraction of sp³-hybridized carbons (Fsp3) is 0.550. The molecule has 2 aromatic rings. The normalized spacial score (nSPS) is 15.1. The van der Waals surface area contributed by atoms with Crippen molar-refractivity contribution < 1.29 is 19.1 Å². The molecule has 3 heterocycles. The van der Waals surface area contributed by atoms with Crippen LogP contribution in [0.4, 0.5) is 0 Å². The minimum absolute atomic E-state index is 0.0703. The van der Waals surface area contributed by atoms with Crippen LogP contribution < -0.4 is 5.32 Å². The molecule has 0 aromatic carbocycles. The highest BCUT2D eigenvalue weighted by molar-refractivity contribution is 5.96. The molecule has 9 nitrogen and oxygen atoms in total. The van der Waals surface area contributed by atoms with Gasteiger partial charge in [0.1, 0.15) is 0 Å². The molecule has 0 aliphatic carbocycles. The first kappa shape index (κ1) is 20.9. The molecule has 1 amide bonds. The number of rotatable bonds is 6. The Balaban J connectivity index is 1.65. The Bertz CT molecular complexity index is 822. The lowest BCUT2D eigenvalue weighted by Gasteiger charge is -2.10. The van der Waals surface area contributed by atoms with Gasteiger partial charge in [-0.05, 0) is 37.8 Å². The second kappa shape index (κ2) is 10.7. The number of amides is 1. The first-order valence-corrected chi connectivity index (χ1v) is 10.1. The SMILES string of the molecule is CCc1nn(CCCOC(=O)c2cccnn2)c2c1C(=O)NCCCOCCC2.